The second-order valence-electron chi connectivity index (χ2n) is 5.26. The lowest BCUT2D eigenvalue weighted by Crippen LogP contribution is -3.18. The molecule has 0 bridgehead atoms. The van der Waals surface area contributed by atoms with Crippen LogP contribution >= 0.6 is 0 Å². The molecule has 2 aliphatic heterocycles. The van der Waals surface area contributed by atoms with Crippen molar-refractivity contribution in [3.05, 3.63) is 0 Å². The summed E-state index contributed by atoms with van der Waals surface area (Å²) in [5, 5.41) is 0. The van der Waals surface area contributed by atoms with Crippen LogP contribution in [0.5, 0.6) is 0 Å². The molecular weight excluding hydrogens is 247 g/mol. The molecule has 0 aliphatic carbocycles. The number of rotatable bonds is 2. The van der Waals surface area contributed by atoms with Gasteiger partial charge in [0.1, 0.15) is 6.61 Å². The van der Waals surface area contributed by atoms with Crippen molar-refractivity contribution in [2.45, 2.75) is 44.3 Å². The van der Waals surface area contributed by atoms with Crippen LogP contribution in [0.25, 0.3) is 0 Å². The van der Waals surface area contributed by atoms with E-state index in [0.29, 0.717) is 6.04 Å². The lowest BCUT2D eigenvalue weighted by atomic mass is 9.84. The predicted octanol–water partition coefficient (Wildman–Crippen LogP) is 0.939. The van der Waals surface area contributed by atoms with Gasteiger partial charge in [0.2, 0.25) is 0 Å². The molecule has 0 amide bonds. The summed E-state index contributed by atoms with van der Waals surface area (Å²) < 4.78 is 40.6. The Labute approximate surface area is 104 Å². The first-order valence-electron chi connectivity index (χ1n) is 6.57. The van der Waals surface area contributed by atoms with E-state index in [2.05, 4.69) is 4.74 Å². The van der Waals surface area contributed by atoms with E-state index in [-0.39, 0.29) is 12.5 Å². The van der Waals surface area contributed by atoms with Gasteiger partial charge in [-0.3, -0.25) is 0 Å². The maximum Gasteiger partial charge on any atom is 0.490 e. The van der Waals surface area contributed by atoms with Crippen LogP contribution in [-0.2, 0) is 9.53 Å². The minimum Gasteiger partial charge on any atom is -0.458 e. The average Bonchev–Trinajstić information content (AvgIpc) is 2.34. The van der Waals surface area contributed by atoms with Crippen LogP contribution in [0.1, 0.15) is 32.1 Å². The fraction of sp³-hybridized carbons (Fsp3) is 0.917. The largest absolute Gasteiger partial charge is 0.490 e. The summed E-state index contributed by atoms with van der Waals surface area (Å²) in [4.78, 5) is 12.2. The van der Waals surface area contributed by atoms with E-state index < -0.39 is 12.1 Å². The Morgan fingerprint density at radius 1 is 1.17 bits per heavy atom. The first-order chi connectivity index (χ1) is 8.48. The molecule has 0 aromatic rings. The standard InChI is InChI=1S/C12H18F3NO2/c13-12(14,15)11(17)18-8-9-4-3-7-16-6-2-1-5-10(9)16/h9-10H,1-8H2/p+1/t9-,10-/m0/s1. The second kappa shape index (κ2) is 5.47. The Kier molecular flexibility index (Phi) is 4.14. The van der Waals surface area contributed by atoms with Crippen LogP contribution in [0.2, 0.25) is 0 Å². The maximum absolute atomic E-state index is 12.1. The molecule has 2 rings (SSSR count). The fourth-order valence-electron chi connectivity index (χ4n) is 3.24. The highest BCUT2D eigenvalue weighted by Gasteiger charge is 2.43. The predicted molar refractivity (Wildman–Crippen MR) is 58.1 cm³/mol. The Morgan fingerprint density at radius 3 is 2.61 bits per heavy atom. The summed E-state index contributed by atoms with van der Waals surface area (Å²) in [5.41, 5.74) is 0. The molecule has 3 atom stereocenters. The van der Waals surface area contributed by atoms with Crippen LogP contribution in [-0.4, -0.2) is 37.9 Å². The monoisotopic (exact) mass is 266 g/mol. The number of carbonyl (C=O) groups is 1. The first kappa shape index (κ1) is 13.6. The van der Waals surface area contributed by atoms with Gasteiger partial charge in [-0.1, -0.05) is 0 Å². The number of carbonyl (C=O) groups excluding carboxylic acids is 1. The Morgan fingerprint density at radius 2 is 1.89 bits per heavy atom. The minimum atomic E-state index is -4.87. The van der Waals surface area contributed by atoms with Gasteiger partial charge in [-0.25, -0.2) is 4.79 Å². The third-order valence-corrected chi connectivity index (χ3v) is 4.09. The van der Waals surface area contributed by atoms with Gasteiger partial charge in [0.15, 0.2) is 0 Å². The highest BCUT2D eigenvalue weighted by molar-refractivity contribution is 5.75. The Bertz CT molecular complexity index is 304. The fourth-order valence-corrected chi connectivity index (χ4v) is 3.24. The summed E-state index contributed by atoms with van der Waals surface area (Å²) in [5.74, 6) is -1.95. The van der Waals surface area contributed by atoms with E-state index in [4.69, 9.17) is 0 Å². The zero-order chi connectivity index (χ0) is 13.2. The summed E-state index contributed by atoms with van der Waals surface area (Å²) in [7, 11) is 0. The van der Waals surface area contributed by atoms with Crippen LogP contribution in [0.4, 0.5) is 13.2 Å². The highest BCUT2D eigenvalue weighted by Crippen LogP contribution is 2.22. The number of halogens is 3. The van der Waals surface area contributed by atoms with Crippen molar-refractivity contribution in [3.63, 3.8) is 0 Å². The van der Waals surface area contributed by atoms with E-state index in [1.807, 2.05) is 0 Å². The zero-order valence-corrected chi connectivity index (χ0v) is 10.3. The van der Waals surface area contributed by atoms with Gasteiger partial charge in [0.25, 0.3) is 0 Å². The van der Waals surface area contributed by atoms with Gasteiger partial charge in [-0.05, 0) is 32.1 Å². The van der Waals surface area contributed by atoms with E-state index in [9.17, 15) is 18.0 Å². The number of hydrogen-bond donors (Lipinski definition) is 1. The van der Waals surface area contributed by atoms with Gasteiger partial charge < -0.3 is 9.64 Å². The minimum absolute atomic E-state index is 0.0769. The van der Waals surface area contributed by atoms with Crippen LogP contribution in [0, 0.1) is 5.92 Å². The number of quaternary nitrogens is 1. The van der Waals surface area contributed by atoms with Crippen molar-refractivity contribution in [1.82, 2.24) is 0 Å². The molecule has 2 saturated heterocycles. The summed E-state index contributed by atoms with van der Waals surface area (Å²) in [6, 6.07) is 0.383. The molecule has 1 unspecified atom stereocenters. The van der Waals surface area contributed by atoms with E-state index in [0.717, 1.165) is 38.8 Å². The van der Waals surface area contributed by atoms with Gasteiger partial charge in [0.05, 0.1) is 19.1 Å². The molecule has 0 spiro atoms. The molecule has 0 aromatic carbocycles. The molecule has 0 saturated carbocycles. The van der Waals surface area contributed by atoms with Gasteiger partial charge in [-0.15, -0.1) is 0 Å². The van der Waals surface area contributed by atoms with Crippen molar-refractivity contribution in [3.8, 4) is 0 Å². The number of esters is 1. The van der Waals surface area contributed by atoms with Gasteiger partial charge >= 0.3 is 12.1 Å². The molecule has 2 aliphatic rings. The number of piperidine rings is 2. The Balaban J connectivity index is 1.86. The summed E-state index contributed by atoms with van der Waals surface area (Å²) in [6.45, 7) is 2.13. The maximum atomic E-state index is 12.1. The summed E-state index contributed by atoms with van der Waals surface area (Å²) in [6.07, 6.45) is 0.398. The average molecular weight is 266 g/mol. The van der Waals surface area contributed by atoms with Crippen molar-refractivity contribution in [2.24, 2.45) is 5.92 Å². The second-order valence-corrected chi connectivity index (χ2v) is 5.26. The lowest BCUT2D eigenvalue weighted by molar-refractivity contribution is -0.940. The molecule has 6 heteroatoms. The molecule has 3 nitrogen and oxygen atoms in total. The van der Waals surface area contributed by atoms with Crippen molar-refractivity contribution < 1.29 is 27.6 Å². The smallest absolute Gasteiger partial charge is 0.458 e. The molecule has 0 aromatic heterocycles. The highest BCUT2D eigenvalue weighted by atomic mass is 19.4. The quantitative estimate of drug-likeness (QED) is 0.754. The van der Waals surface area contributed by atoms with Crippen molar-refractivity contribution in [1.29, 1.82) is 0 Å². The van der Waals surface area contributed by atoms with Gasteiger partial charge in [0, 0.05) is 5.92 Å². The van der Waals surface area contributed by atoms with E-state index in [1.165, 1.54) is 11.3 Å². The molecule has 2 fully saturated rings. The number of alkyl halides is 3. The Hall–Kier alpha value is -0.780. The number of nitrogens with one attached hydrogen (secondary N) is 1. The SMILES string of the molecule is O=C(OC[C@@H]1CCC[NH+]2CCCC[C@@H]12)C(F)(F)F. The normalized spacial score (nSPS) is 32.7. The van der Waals surface area contributed by atoms with E-state index >= 15 is 0 Å². The first-order valence-corrected chi connectivity index (χ1v) is 6.57. The molecule has 0 radical (unpaired) electrons. The van der Waals surface area contributed by atoms with Crippen molar-refractivity contribution >= 4 is 5.97 Å². The van der Waals surface area contributed by atoms with Gasteiger partial charge in [-0.2, -0.15) is 13.2 Å². The third-order valence-electron chi connectivity index (χ3n) is 4.09. The molecular formula is C12H19F3NO2+. The number of fused-ring (bicyclic) bond motifs is 1. The molecule has 1 N–H and O–H groups in total. The van der Waals surface area contributed by atoms with E-state index in [1.54, 1.807) is 0 Å². The molecule has 2 heterocycles. The van der Waals surface area contributed by atoms with Crippen LogP contribution in [0.3, 0.4) is 0 Å². The number of ether oxygens (including phenoxy) is 1. The third kappa shape index (κ3) is 3.16. The van der Waals surface area contributed by atoms with Crippen LogP contribution in [0.15, 0.2) is 0 Å². The molecule has 104 valence electrons. The lowest BCUT2D eigenvalue weighted by Gasteiger charge is -2.40. The molecule has 18 heavy (non-hydrogen) atoms. The van der Waals surface area contributed by atoms with Crippen LogP contribution < -0.4 is 4.90 Å². The topological polar surface area (TPSA) is 30.7 Å². The van der Waals surface area contributed by atoms with Crippen molar-refractivity contribution in [2.75, 3.05) is 19.7 Å². The number of hydrogen-bond acceptors (Lipinski definition) is 2. The summed E-state index contributed by atoms with van der Waals surface area (Å²) >= 11 is 0. The zero-order valence-electron chi connectivity index (χ0n) is 10.3.